The van der Waals surface area contributed by atoms with Crippen LogP contribution in [0.2, 0.25) is 0 Å². The van der Waals surface area contributed by atoms with Gasteiger partial charge < -0.3 is 15.4 Å². The van der Waals surface area contributed by atoms with Crippen LogP contribution in [-0.2, 0) is 4.74 Å². The second-order valence-electron chi connectivity index (χ2n) is 6.49. The molecule has 19 heavy (non-hydrogen) atoms. The highest BCUT2D eigenvalue weighted by molar-refractivity contribution is 5.68. The third-order valence-electron chi connectivity index (χ3n) is 3.47. The average Bonchev–Trinajstić information content (AvgIpc) is 2.33. The van der Waals surface area contributed by atoms with Gasteiger partial charge in [-0.2, -0.15) is 0 Å². The zero-order valence-corrected chi connectivity index (χ0v) is 12.9. The highest BCUT2D eigenvalue weighted by atomic mass is 16.6. The van der Waals surface area contributed by atoms with E-state index < -0.39 is 5.60 Å². The van der Waals surface area contributed by atoms with Gasteiger partial charge in [-0.25, -0.2) is 4.79 Å². The van der Waals surface area contributed by atoms with Crippen molar-refractivity contribution in [2.75, 3.05) is 6.54 Å². The van der Waals surface area contributed by atoms with Gasteiger partial charge in [0.1, 0.15) is 5.60 Å². The Kier molecular flexibility index (Phi) is 6.63. The second kappa shape index (κ2) is 7.73. The van der Waals surface area contributed by atoms with E-state index >= 15 is 0 Å². The van der Waals surface area contributed by atoms with Gasteiger partial charge in [-0.05, 0) is 40.0 Å². The van der Waals surface area contributed by atoms with Crippen molar-refractivity contribution in [3.63, 3.8) is 0 Å². The minimum atomic E-state index is -0.431. The summed E-state index contributed by atoms with van der Waals surface area (Å²) in [6, 6.07) is 0.778. The first-order chi connectivity index (χ1) is 8.90. The first-order valence-electron chi connectivity index (χ1n) is 7.63. The molecule has 4 nitrogen and oxygen atoms in total. The molecule has 1 saturated carbocycles. The molecule has 0 aromatic carbocycles. The Bertz CT molecular complexity index is 268. The quantitative estimate of drug-likeness (QED) is 0.806. The summed E-state index contributed by atoms with van der Waals surface area (Å²) in [5, 5.41) is 6.51. The number of amides is 1. The predicted octanol–water partition coefficient (Wildman–Crippen LogP) is 3.21. The fourth-order valence-electron chi connectivity index (χ4n) is 2.39. The lowest BCUT2D eigenvalue weighted by Gasteiger charge is -2.27. The summed E-state index contributed by atoms with van der Waals surface area (Å²) in [7, 11) is 0. The van der Waals surface area contributed by atoms with Crippen LogP contribution in [0.3, 0.4) is 0 Å². The van der Waals surface area contributed by atoms with Crippen molar-refractivity contribution in [2.45, 2.75) is 83.9 Å². The van der Waals surface area contributed by atoms with Crippen molar-refractivity contribution in [3.05, 3.63) is 0 Å². The van der Waals surface area contributed by atoms with Crippen molar-refractivity contribution >= 4 is 6.09 Å². The fraction of sp³-hybridized carbons (Fsp3) is 0.933. The van der Waals surface area contributed by atoms with E-state index in [1.165, 1.54) is 32.1 Å². The van der Waals surface area contributed by atoms with Crippen molar-refractivity contribution in [1.29, 1.82) is 0 Å². The second-order valence-corrected chi connectivity index (χ2v) is 6.49. The highest BCUT2D eigenvalue weighted by Gasteiger charge is 2.20. The lowest BCUT2D eigenvalue weighted by molar-refractivity contribution is 0.0501. The van der Waals surface area contributed by atoms with Crippen molar-refractivity contribution in [3.8, 4) is 0 Å². The van der Waals surface area contributed by atoms with E-state index in [0.29, 0.717) is 6.04 Å². The third kappa shape index (κ3) is 7.41. The Morgan fingerprint density at radius 2 is 1.89 bits per heavy atom. The monoisotopic (exact) mass is 270 g/mol. The Hall–Kier alpha value is -0.770. The number of hydrogen-bond donors (Lipinski definition) is 2. The first kappa shape index (κ1) is 16.3. The Morgan fingerprint density at radius 3 is 2.42 bits per heavy atom. The topological polar surface area (TPSA) is 50.4 Å². The fourth-order valence-corrected chi connectivity index (χ4v) is 2.39. The van der Waals surface area contributed by atoms with Gasteiger partial charge >= 0.3 is 6.09 Å². The van der Waals surface area contributed by atoms with E-state index in [1.54, 1.807) is 0 Å². The summed E-state index contributed by atoms with van der Waals surface area (Å²) in [4.78, 5) is 11.7. The summed E-state index contributed by atoms with van der Waals surface area (Å²) in [5.41, 5.74) is -0.431. The van der Waals surface area contributed by atoms with Gasteiger partial charge in [0.25, 0.3) is 0 Å². The number of rotatable bonds is 5. The van der Waals surface area contributed by atoms with E-state index in [9.17, 15) is 4.79 Å². The maximum Gasteiger partial charge on any atom is 0.407 e. The summed E-state index contributed by atoms with van der Waals surface area (Å²) in [6.45, 7) is 8.57. The molecule has 1 aliphatic carbocycles. The zero-order chi connectivity index (χ0) is 14.3. The lowest BCUT2D eigenvalue weighted by atomic mass is 9.95. The Balaban J connectivity index is 2.26. The van der Waals surface area contributed by atoms with Gasteiger partial charge in [0.05, 0.1) is 0 Å². The van der Waals surface area contributed by atoms with Crippen LogP contribution in [0, 0.1) is 0 Å². The van der Waals surface area contributed by atoms with Crippen molar-refractivity contribution in [1.82, 2.24) is 10.6 Å². The summed E-state index contributed by atoms with van der Waals surface area (Å²) >= 11 is 0. The summed E-state index contributed by atoms with van der Waals surface area (Å²) in [6.07, 6.45) is 7.16. The van der Waals surface area contributed by atoms with Gasteiger partial charge in [0.2, 0.25) is 0 Å². The van der Waals surface area contributed by atoms with Crippen LogP contribution in [-0.4, -0.2) is 30.3 Å². The molecule has 0 aliphatic heterocycles. The normalized spacial score (nSPS) is 18.9. The first-order valence-corrected chi connectivity index (χ1v) is 7.63. The van der Waals surface area contributed by atoms with E-state index in [1.807, 2.05) is 20.8 Å². The summed E-state index contributed by atoms with van der Waals surface area (Å²) in [5.74, 6) is 0. The smallest absolute Gasteiger partial charge is 0.407 e. The van der Waals surface area contributed by atoms with Crippen LogP contribution >= 0.6 is 0 Å². The molecule has 1 amide bonds. The minimum Gasteiger partial charge on any atom is -0.444 e. The van der Waals surface area contributed by atoms with Crippen molar-refractivity contribution in [2.24, 2.45) is 0 Å². The van der Waals surface area contributed by atoms with Crippen LogP contribution in [0.4, 0.5) is 4.79 Å². The van der Waals surface area contributed by atoms with E-state index in [4.69, 9.17) is 4.74 Å². The molecule has 1 aliphatic rings. The SMILES string of the molecule is CCC(CNC1CCCCC1)NC(=O)OC(C)(C)C. The molecule has 1 atom stereocenters. The molecular weight excluding hydrogens is 240 g/mol. The number of hydrogen-bond acceptors (Lipinski definition) is 3. The van der Waals surface area contributed by atoms with Gasteiger partial charge in [0.15, 0.2) is 0 Å². The standard InChI is InChI=1S/C15H30N2O2/c1-5-12(17-14(18)19-15(2,3)4)11-16-13-9-7-6-8-10-13/h12-13,16H,5-11H2,1-4H3,(H,17,18). The van der Waals surface area contributed by atoms with Crippen LogP contribution in [0.15, 0.2) is 0 Å². The van der Waals surface area contributed by atoms with Crippen LogP contribution in [0.1, 0.15) is 66.2 Å². The highest BCUT2D eigenvalue weighted by Crippen LogP contribution is 2.17. The average molecular weight is 270 g/mol. The number of ether oxygens (including phenoxy) is 1. The maximum atomic E-state index is 11.7. The molecule has 0 bridgehead atoms. The molecule has 4 heteroatoms. The molecule has 0 aromatic rings. The molecule has 1 fully saturated rings. The zero-order valence-electron chi connectivity index (χ0n) is 12.9. The van der Waals surface area contributed by atoms with Crippen LogP contribution < -0.4 is 10.6 Å². The molecule has 1 rings (SSSR count). The number of alkyl carbamates (subject to hydrolysis) is 1. The molecule has 0 heterocycles. The van der Waals surface area contributed by atoms with Gasteiger partial charge in [-0.15, -0.1) is 0 Å². The summed E-state index contributed by atoms with van der Waals surface area (Å²) < 4.78 is 5.28. The molecule has 0 aromatic heterocycles. The molecular formula is C15H30N2O2. The Labute approximate surface area is 117 Å². The Morgan fingerprint density at radius 1 is 1.26 bits per heavy atom. The molecule has 0 spiro atoms. The van der Waals surface area contributed by atoms with Crippen LogP contribution in [0.5, 0.6) is 0 Å². The van der Waals surface area contributed by atoms with Gasteiger partial charge in [-0.1, -0.05) is 26.2 Å². The maximum absolute atomic E-state index is 11.7. The molecule has 1 unspecified atom stereocenters. The van der Waals surface area contributed by atoms with Gasteiger partial charge in [0, 0.05) is 18.6 Å². The lowest BCUT2D eigenvalue weighted by Crippen LogP contribution is -2.46. The van der Waals surface area contributed by atoms with E-state index in [2.05, 4.69) is 17.6 Å². The molecule has 2 N–H and O–H groups in total. The van der Waals surface area contributed by atoms with E-state index in [0.717, 1.165) is 13.0 Å². The molecule has 0 radical (unpaired) electrons. The van der Waals surface area contributed by atoms with Crippen molar-refractivity contribution < 1.29 is 9.53 Å². The number of carbonyl (C=O) groups excluding carboxylic acids is 1. The van der Waals surface area contributed by atoms with E-state index in [-0.39, 0.29) is 12.1 Å². The number of carbonyl (C=O) groups is 1. The number of nitrogens with one attached hydrogen (secondary N) is 2. The predicted molar refractivity (Wildman–Crippen MR) is 78.3 cm³/mol. The van der Waals surface area contributed by atoms with Crippen LogP contribution in [0.25, 0.3) is 0 Å². The van der Waals surface area contributed by atoms with Gasteiger partial charge in [-0.3, -0.25) is 0 Å². The molecule has 0 saturated heterocycles. The third-order valence-corrected chi connectivity index (χ3v) is 3.47. The largest absolute Gasteiger partial charge is 0.444 e. The minimum absolute atomic E-state index is 0.150. The molecule has 112 valence electrons.